The van der Waals surface area contributed by atoms with Crippen LogP contribution in [0, 0.1) is 17.3 Å². The van der Waals surface area contributed by atoms with Crippen LogP contribution in [0.25, 0.3) is 0 Å². The lowest BCUT2D eigenvalue weighted by atomic mass is 9.76. The van der Waals surface area contributed by atoms with E-state index in [4.69, 9.17) is 4.74 Å². The van der Waals surface area contributed by atoms with Crippen molar-refractivity contribution in [3.63, 3.8) is 0 Å². The smallest absolute Gasteiger partial charge is 0.0559 e. The third-order valence-corrected chi connectivity index (χ3v) is 5.82. The molecule has 0 aromatic carbocycles. The van der Waals surface area contributed by atoms with Crippen molar-refractivity contribution in [3.8, 4) is 0 Å². The summed E-state index contributed by atoms with van der Waals surface area (Å²) in [7, 11) is 0. The minimum atomic E-state index is 0.270. The molecule has 130 valence electrons. The Bertz CT molecular complexity index is 387. The van der Waals surface area contributed by atoms with E-state index in [1.807, 2.05) is 0 Å². The Balaban J connectivity index is 1.64. The zero-order chi connectivity index (χ0) is 16.4. The SMILES string of the molecule is C=CCC1CCC(CCCCC2(COCC)C=CC=CC2)CC1. The Hall–Kier alpha value is -0.820. The average molecular weight is 317 g/mol. The zero-order valence-corrected chi connectivity index (χ0v) is 15.1. The van der Waals surface area contributed by atoms with Crippen LogP contribution in [0.2, 0.25) is 0 Å². The van der Waals surface area contributed by atoms with Crippen LogP contribution in [0.15, 0.2) is 37.0 Å². The molecule has 1 nitrogen and oxygen atoms in total. The van der Waals surface area contributed by atoms with E-state index in [1.54, 1.807) is 0 Å². The second-order valence-corrected chi connectivity index (χ2v) is 7.65. The van der Waals surface area contributed by atoms with Crippen LogP contribution in [0.4, 0.5) is 0 Å². The first-order valence-corrected chi connectivity index (χ1v) is 9.81. The second-order valence-electron chi connectivity index (χ2n) is 7.65. The highest BCUT2D eigenvalue weighted by atomic mass is 16.5. The first-order chi connectivity index (χ1) is 11.3. The number of unbranched alkanes of at least 4 members (excludes halogenated alkanes) is 1. The van der Waals surface area contributed by atoms with Crippen LogP contribution in [0.3, 0.4) is 0 Å². The molecule has 1 fully saturated rings. The molecule has 0 amide bonds. The van der Waals surface area contributed by atoms with Crippen LogP contribution in [-0.4, -0.2) is 13.2 Å². The van der Waals surface area contributed by atoms with Gasteiger partial charge in [0.2, 0.25) is 0 Å². The van der Waals surface area contributed by atoms with Crippen molar-refractivity contribution in [2.45, 2.75) is 71.1 Å². The maximum atomic E-state index is 5.76. The molecule has 1 unspecified atom stereocenters. The van der Waals surface area contributed by atoms with E-state index in [0.29, 0.717) is 0 Å². The summed E-state index contributed by atoms with van der Waals surface area (Å²) < 4.78 is 5.76. The molecule has 2 rings (SSSR count). The van der Waals surface area contributed by atoms with E-state index in [1.165, 1.54) is 57.8 Å². The van der Waals surface area contributed by atoms with Crippen LogP contribution in [0.5, 0.6) is 0 Å². The molecule has 0 saturated heterocycles. The number of hydrogen-bond acceptors (Lipinski definition) is 1. The minimum Gasteiger partial charge on any atom is -0.381 e. The molecule has 0 aromatic heterocycles. The molecule has 0 aliphatic heterocycles. The normalized spacial score (nSPS) is 30.5. The first-order valence-electron chi connectivity index (χ1n) is 9.81. The van der Waals surface area contributed by atoms with Crippen molar-refractivity contribution in [3.05, 3.63) is 37.0 Å². The molecule has 0 N–H and O–H groups in total. The Morgan fingerprint density at radius 2 is 1.91 bits per heavy atom. The van der Waals surface area contributed by atoms with Gasteiger partial charge in [-0.25, -0.2) is 0 Å². The highest BCUT2D eigenvalue weighted by Gasteiger charge is 2.27. The van der Waals surface area contributed by atoms with Gasteiger partial charge in [-0.2, -0.15) is 0 Å². The third-order valence-electron chi connectivity index (χ3n) is 5.82. The molecular weight excluding hydrogens is 280 g/mol. The maximum absolute atomic E-state index is 5.76. The van der Waals surface area contributed by atoms with Gasteiger partial charge in [0, 0.05) is 12.0 Å². The van der Waals surface area contributed by atoms with E-state index in [-0.39, 0.29) is 5.41 Å². The van der Waals surface area contributed by atoms with Crippen LogP contribution in [0.1, 0.15) is 71.1 Å². The minimum absolute atomic E-state index is 0.270. The zero-order valence-electron chi connectivity index (χ0n) is 15.1. The molecule has 2 aliphatic rings. The number of ether oxygens (including phenoxy) is 1. The summed E-state index contributed by atoms with van der Waals surface area (Å²) in [5.74, 6) is 1.91. The lowest BCUT2D eigenvalue weighted by Crippen LogP contribution is -2.25. The molecule has 1 heteroatoms. The number of hydrogen-bond donors (Lipinski definition) is 0. The van der Waals surface area contributed by atoms with Crippen molar-refractivity contribution in [2.24, 2.45) is 17.3 Å². The molecule has 0 spiro atoms. The molecule has 1 atom stereocenters. The van der Waals surface area contributed by atoms with Crippen molar-refractivity contribution in [1.29, 1.82) is 0 Å². The topological polar surface area (TPSA) is 9.23 Å². The summed E-state index contributed by atoms with van der Waals surface area (Å²) in [5.41, 5.74) is 0.270. The van der Waals surface area contributed by atoms with Gasteiger partial charge in [0.15, 0.2) is 0 Å². The van der Waals surface area contributed by atoms with Crippen LogP contribution in [-0.2, 0) is 4.74 Å². The fourth-order valence-electron chi connectivity index (χ4n) is 4.28. The van der Waals surface area contributed by atoms with Gasteiger partial charge in [0.1, 0.15) is 0 Å². The molecule has 0 bridgehead atoms. The highest BCUT2D eigenvalue weighted by molar-refractivity contribution is 5.16. The highest BCUT2D eigenvalue weighted by Crippen LogP contribution is 2.37. The maximum Gasteiger partial charge on any atom is 0.0559 e. The Morgan fingerprint density at radius 3 is 2.57 bits per heavy atom. The van der Waals surface area contributed by atoms with Crippen LogP contribution >= 0.6 is 0 Å². The summed E-state index contributed by atoms with van der Waals surface area (Å²) in [5, 5.41) is 0. The summed E-state index contributed by atoms with van der Waals surface area (Å²) in [6.45, 7) is 7.69. The monoisotopic (exact) mass is 316 g/mol. The molecule has 2 aliphatic carbocycles. The quantitative estimate of drug-likeness (QED) is 0.331. The van der Waals surface area contributed by atoms with Gasteiger partial charge in [-0.1, -0.05) is 62.5 Å². The van der Waals surface area contributed by atoms with Crippen LogP contribution < -0.4 is 0 Å². The average Bonchev–Trinajstić information content (AvgIpc) is 2.60. The molecule has 1 saturated carbocycles. The molecule has 0 heterocycles. The summed E-state index contributed by atoms with van der Waals surface area (Å²) in [4.78, 5) is 0. The molecule has 23 heavy (non-hydrogen) atoms. The summed E-state index contributed by atoms with van der Waals surface area (Å²) in [6, 6.07) is 0. The van der Waals surface area contributed by atoms with Gasteiger partial charge in [0.05, 0.1) is 6.61 Å². The Morgan fingerprint density at radius 1 is 1.13 bits per heavy atom. The van der Waals surface area contributed by atoms with Crippen molar-refractivity contribution < 1.29 is 4.74 Å². The first kappa shape index (κ1) is 18.5. The van der Waals surface area contributed by atoms with Gasteiger partial charge in [-0.3, -0.25) is 0 Å². The fraction of sp³-hybridized carbons (Fsp3) is 0.727. The van der Waals surface area contributed by atoms with E-state index in [9.17, 15) is 0 Å². The number of allylic oxidation sites excluding steroid dienone is 4. The van der Waals surface area contributed by atoms with E-state index in [0.717, 1.165) is 31.5 Å². The summed E-state index contributed by atoms with van der Waals surface area (Å²) >= 11 is 0. The molecule has 0 aromatic rings. The second kappa shape index (κ2) is 10.1. The van der Waals surface area contributed by atoms with Crippen molar-refractivity contribution >= 4 is 0 Å². The van der Waals surface area contributed by atoms with Crippen molar-refractivity contribution in [1.82, 2.24) is 0 Å². The van der Waals surface area contributed by atoms with Gasteiger partial charge in [-0.15, -0.1) is 6.58 Å². The van der Waals surface area contributed by atoms with Gasteiger partial charge >= 0.3 is 0 Å². The fourth-order valence-corrected chi connectivity index (χ4v) is 4.28. The predicted molar refractivity (Wildman–Crippen MR) is 101 cm³/mol. The van der Waals surface area contributed by atoms with Gasteiger partial charge in [-0.05, 0) is 50.9 Å². The predicted octanol–water partition coefficient (Wildman–Crippen LogP) is 6.47. The Kier molecular flexibility index (Phi) is 8.16. The van der Waals surface area contributed by atoms with E-state index < -0.39 is 0 Å². The Labute approximate surface area is 143 Å². The largest absolute Gasteiger partial charge is 0.381 e. The lowest BCUT2D eigenvalue weighted by Gasteiger charge is -2.32. The van der Waals surface area contributed by atoms with E-state index >= 15 is 0 Å². The standard InChI is InChI=1S/C22H36O/c1-3-10-20-12-14-21(15-13-20)11-6-9-18-22(19-23-4-2)16-7-5-8-17-22/h3,5,7-8,16,20-21H,1,4,6,9-15,17-19H2,2H3. The van der Waals surface area contributed by atoms with E-state index in [2.05, 4.69) is 43.9 Å². The van der Waals surface area contributed by atoms with Gasteiger partial charge in [0.25, 0.3) is 0 Å². The lowest BCUT2D eigenvalue weighted by molar-refractivity contribution is 0.0706. The third kappa shape index (κ3) is 6.30. The number of rotatable bonds is 10. The summed E-state index contributed by atoms with van der Waals surface area (Å²) in [6.07, 6.45) is 24.8. The molecule has 0 radical (unpaired) electrons. The van der Waals surface area contributed by atoms with Gasteiger partial charge < -0.3 is 4.74 Å². The molecular formula is C22H36O. The van der Waals surface area contributed by atoms with Crippen molar-refractivity contribution in [2.75, 3.05) is 13.2 Å².